The number of hydrogen-bond donors (Lipinski definition) is 2. The Bertz CT molecular complexity index is 880. The fourth-order valence-corrected chi connectivity index (χ4v) is 3.92. The molecule has 0 radical (unpaired) electrons. The van der Waals surface area contributed by atoms with E-state index in [1.807, 2.05) is 20.8 Å². The summed E-state index contributed by atoms with van der Waals surface area (Å²) in [7, 11) is 1.79. The highest BCUT2D eigenvalue weighted by Gasteiger charge is 2.20. The summed E-state index contributed by atoms with van der Waals surface area (Å²) >= 11 is 0. The topological polar surface area (TPSA) is 61.4 Å². The Morgan fingerprint density at radius 3 is 2.00 bits per heavy atom. The molecular weight excluding hydrogens is 386 g/mol. The van der Waals surface area contributed by atoms with Gasteiger partial charge in [-0.2, -0.15) is 0 Å². The SMILES string of the molecule is CCc1ccc([C@H](NC(=O)CN(C)CC(=O)Nc2c(C)cc(C)cc2C)C(C)C)cc1. The van der Waals surface area contributed by atoms with Crippen LogP contribution in [0.15, 0.2) is 36.4 Å². The van der Waals surface area contributed by atoms with Crippen LogP contribution in [0.4, 0.5) is 5.69 Å². The Kier molecular flexibility index (Phi) is 8.81. The van der Waals surface area contributed by atoms with E-state index in [2.05, 4.69) is 67.8 Å². The molecule has 0 saturated heterocycles. The lowest BCUT2D eigenvalue weighted by Gasteiger charge is -2.25. The van der Waals surface area contributed by atoms with Crippen molar-refractivity contribution in [1.82, 2.24) is 10.2 Å². The lowest BCUT2D eigenvalue weighted by Crippen LogP contribution is -2.41. The second-order valence-electron chi connectivity index (χ2n) is 8.88. The second kappa shape index (κ2) is 11.1. The van der Waals surface area contributed by atoms with Gasteiger partial charge in [0.25, 0.3) is 0 Å². The van der Waals surface area contributed by atoms with Crippen LogP contribution in [0, 0.1) is 26.7 Å². The molecule has 0 aliphatic heterocycles. The quantitative estimate of drug-likeness (QED) is 0.622. The third-order valence-corrected chi connectivity index (χ3v) is 5.50. The number of carbonyl (C=O) groups excluding carboxylic acids is 2. The van der Waals surface area contributed by atoms with Gasteiger partial charge in [0.05, 0.1) is 19.1 Å². The summed E-state index contributed by atoms with van der Waals surface area (Å²) in [5.74, 6) is 0.0506. The normalized spacial score (nSPS) is 12.2. The molecule has 168 valence electrons. The zero-order chi connectivity index (χ0) is 23.1. The molecule has 0 aliphatic rings. The molecule has 2 amide bonds. The maximum absolute atomic E-state index is 12.7. The molecule has 0 bridgehead atoms. The molecule has 0 heterocycles. The Labute approximate surface area is 187 Å². The lowest BCUT2D eigenvalue weighted by molar-refractivity contribution is -0.123. The van der Waals surface area contributed by atoms with Gasteiger partial charge in [0.2, 0.25) is 11.8 Å². The fraction of sp³-hybridized carbons (Fsp3) is 0.462. The van der Waals surface area contributed by atoms with Crippen LogP contribution >= 0.6 is 0 Å². The number of aryl methyl sites for hydroxylation is 4. The van der Waals surface area contributed by atoms with Gasteiger partial charge in [-0.1, -0.05) is 62.7 Å². The van der Waals surface area contributed by atoms with Crippen molar-refractivity contribution >= 4 is 17.5 Å². The lowest BCUT2D eigenvalue weighted by atomic mass is 9.95. The van der Waals surface area contributed by atoms with E-state index in [-0.39, 0.29) is 36.9 Å². The third-order valence-electron chi connectivity index (χ3n) is 5.50. The van der Waals surface area contributed by atoms with Crippen LogP contribution in [0.2, 0.25) is 0 Å². The van der Waals surface area contributed by atoms with Gasteiger partial charge in [-0.15, -0.1) is 0 Å². The first-order chi connectivity index (χ1) is 14.6. The van der Waals surface area contributed by atoms with Crippen LogP contribution in [-0.2, 0) is 16.0 Å². The largest absolute Gasteiger partial charge is 0.348 e. The first-order valence-electron chi connectivity index (χ1n) is 11.0. The predicted octanol–water partition coefficient (Wildman–Crippen LogP) is 4.56. The second-order valence-corrected chi connectivity index (χ2v) is 8.88. The van der Waals surface area contributed by atoms with Crippen molar-refractivity contribution in [1.29, 1.82) is 0 Å². The van der Waals surface area contributed by atoms with Crippen molar-refractivity contribution < 1.29 is 9.59 Å². The number of carbonyl (C=O) groups is 2. The Morgan fingerprint density at radius 2 is 1.48 bits per heavy atom. The number of hydrogen-bond acceptors (Lipinski definition) is 3. The van der Waals surface area contributed by atoms with E-state index < -0.39 is 0 Å². The van der Waals surface area contributed by atoms with Crippen molar-refractivity contribution in [2.24, 2.45) is 5.92 Å². The third kappa shape index (κ3) is 7.21. The number of rotatable bonds is 9. The molecule has 0 spiro atoms. The molecule has 2 aromatic carbocycles. The molecule has 0 unspecified atom stereocenters. The first-order valence-corrected chi connectivity index (χ1v) is 11.0. The maximum Gasteiger partial charge on any atom is 0.238 e. The molecular formula is C26H37N3O2. The van der Waals surface area contributed by atoms with Gasteiger partial charge in [0, 0.05) is 5.69 Å². The average molecular weight is 424 g/mol. The molecule has 5 heteroatoms. The van der Waals surface area contributed by atoms with E-state index >= 15 is 0 Å². The summed E-state index contributed by atoms with van der Waals surface area (Å²) in [6.45, 7) is 12.7. The molecule has 31 heavy (non-hydrogen) atoms. The van der Waals surface area contributed by atoms with Crippen LogP contribution in [0.5, 0.6) is 0 Å². The number of nitrogens with one attached hydrogen (secondary N) is 2. The van der Waals surface area contributed by atoms with Gasteiger partial charge in [-0.05, 0) is 62.4 Å². The van der Waals surface area contributed by atoms with Crippen molar-refractivity contribution in [2.75, 3.05) is 25.5 Å². The van der Waals surface area contributed by atoms with Crippen molar-refractivity contribution in [3.63, 3.8) is 0 Å². The van der Waals surface area contributed by atoms with Crippen LogP contribution < -0.4 is 10.6 Å². The van der Waals surface area contributed by atoms with Crippen LogP contribution in [0.25, 0.3) is 0 Å². The summed E-state index contributed by atoms with van der Waals surface area (Å²) in [4.78, 5) is 26.9. The summed E-state index contributed by atoms with van der Waals surface area (Å²) in [6.07, 6.45) is 0.994. The van der Waals surface area contributed by atoms with Crippen molar-refractivity contribution in [2.45, 2.75) is 54.0 Å². The number of likely N-dealkylation sites (N-methyl/N-ethyl adjacent to an activating group) is 1. The maximum atomic E-state index is 12.7. The van der Waals surface area contributed by atoms with Crippen molar-refractivity contribution in [3.05, 3.63) is 64.2 Å². The summed E-state index contributed by atoms with van der Waals surface area (Å²) in [6, 6.07) is 12.5. The van der Waals surface area contributed by atoms with Gasteiger partial charge in [0.1, 0.15) is 0 Å². The van der Waals surface area contributed by atoms with Gasteiger partial charge in [0.15, 0.2) is 0 Å². The van der Waals surface area contributed by atoms with E-state index in [4.69, 9.17) is 0 Å². The number of amides is 2. The highest BCUT2D eigenvalue weighted by atomic mass is 16.2. The average Bonchev–Trinajstić information content (AvgIpc) is 2.68. The van der Waals surface area contributed by atoms with Crippen LogP contribution in [0.1, 0.15) is 54.6 Å². The van der Waals surface area contributed by atoms with Crippen LogP contribution in [0.3, 0.4) is 0 Å². The number of nitrogens with zero attached hydrogens (tertiary/aromatic N) is 1. The minimum Gasteiger partial charge on any atom is -0.348 e. The molecule has 1 atom stereocenters. The van der Waals surface area contributed by atoms with Gasteiger partial charge >= 0.3 is 0 Å². The molecule has 0 fully saturated rings. The monoisotopic (exact) mass is 423 g/mol. The minimum atomic E-state index is -0.124. The molecule has 0 saturated carbocycles. The summed E-state index contributed by atoms with van der Waals surface area (Å²) < 4.78 is 0. The Hall–Kier alpha value is -2.66. The van der Waals surface area contributed by atoms with Gasteiger partial charge < -0.3 is 10.6 Å². The molecule has 2 aromatic rings. The van der Waals surface area contributed by atoms with E-state index in [0.717, 1.165) is 28.8 Å². The standard InChI is InChI=1S/C26H37N3O2/c1-8-21-9-11-22(12-10-21)25(17(2)3)27-23(30)15-29(7)16-24(31)28-26-19(5)13-18(4)14-20(26)6/h9-14,17,25H,8,15-16H2,1-7H3,(H,27,30)(H,28,31)/t25-/m1/s1. The summed E-state index contributed by atoms with van der Waals surface area (Å²) in [5.41, 5.74) is 6.49. The predicted molar refractivity (Wildman–Crippen MR) is 128 cm³/mol. The zero-order valence-corrected chi connectivity index (χ0v) is 20.0. The molecule has 2 N–H and O–H groups in total. The summed E-state index contributed by atoms with van der Waals surface area (Å²) in [5, 5.41) is 6.13. The van der Waals surface area contributed by atoms with Crippen molar-refractivity contribution in [3.8, 4) is 0 Å². The smallest absolute Gasteiger partial charge is 0.238 e. The van der Waals surface area contributed by atoms with E-state index in [9.17, 15) is 9.59 Å². The molecule has 2 rings (SSSR count). The highest BCUT2D eigenvalue weighted by molar-refractivity contribution is 5.94. The van der Waals surface area contributed by atoms with Gasteiger partial charge in [-0.25, -0.2) is 0 Å². The van der Waals surface area contributed by atoms with E-state index in [1.165, 1.54) is 11.1 Å². The first kappa shape index (κ1) is 24.6. The zero-order valence-electron chi connectivity index (χ0n) is 20.0. The van der Waals surface area contributed by atoms with Crippen LogP contribution in [-0.4, -0.2) is 36.9 Å². The fourth-order valence-electron chi connectivity index (χ4n) is 3.92. The number of anilines is 1. The highest BCUT2D eigenvalue weighted by Crippen LogP contribution is 2.23. The molecule has 0 aliphatic carbocycles. The van der Waals surface area contributed by atoms with Gasteiger partial charge in [-0.3, -0.25) is 14.5 Å². The Balaban J connectivity index is 1.93. The minimum absolute atomic E-state index is 0.0570. The Morgan fingerprint density at radius 1 is 0.935 bits per heavy atom. The molecule has 0 aromatic heterocycles. The molecule has 5 nitrogen and oxygen atoms in total. The van der Waals surface area contributed by atoms with E-state index in [1.54, 1.807) is 11.9 Å². The van der Waals surface area contributed by atoms with E-state index in [0.29, 0.717) is 0 Å². The number of benzene rings is 2.